The minimum Gasteiger partial charge on any atom is -0.508 e. The van der Waals surface area contributed by atoms with Crippen molar-refractivity contribution in [2.45, 2.75) is 30.4 Å². The van der Waals surface area contributed by atoms with Crippen LogP contribution in [-0.2, 0) is 12.2 Å². The van der Waals surface area contributed by atoms with Crippen molar-refractivity contribution in [2.75, 3.05) is 0 Å². The van der Waals surface area contributed by atoms with Gasteiger partial charge in [-0.25, -0.2) is 0 Å². The molecule has 4 nitrogen and oxygen atoms in total. The Labute approximate surface area is 104 Å². The summed E-state index contributed by atoms with van der Waals surface area (Å²) in [7, 11) is 0. The van der Waals surface area contributed by atoms with Crippen molar-refractivity contribution in [2.24, 2.45) is 0 Å². The smallest absolute Gasteiger partial charge is 0.237 e. The lowest BCUT2D eigenvalue weighted by Crippen LogP contribution is -1.86. The lowest BCUT2D eigenvalue weighted by Gasteiger charge is -1.97. The highest BCUT2D eigenvalue weighted by atomic mass is 32.2. The molecule has 0 spiro atoms. The molecule has 2 rings (SSSR count). The van der Waals surface area contributed by atoms with Crippen LogP contribution >= 0.6 is 11.8 Å². The number of hydrogen-bond donors (Lipinski definition) is 1. The zero-order chi connectivity index (χ0) is 12.1. The molecule has 0 radical (unpaired) electrons. The van der Waals surface area contributed by atoms with Gasteiger partial charge in [-0.3, -0.25) is 0 Å². The predicted octanol–water partition coefficient (Wildman–Crippen LogP) is 3.02. The summed E-state index contributed by atoms with van der Waals surface area (Å²) in [5.41, 5.74) is 0. The third-order valence-electron chi connectivity index (χ3n) is 2.18. The first-order valence-corrected chi connectivity index (χ1v) is 6.50. The molecule has 1 heterocycles. The van der Waals surface area contributed by atoms with Crippen molar-refractivity contribution < 1.29 is 9.63 Å². The number of thioether (sulfide) groups is 1. The van der Waals surface area contributed by atoms with E-state index in [9.17, 15) is 0 Å². The highest BCUT2D eigenvalue weighted by Crippen LogP contribution is 2.23. The quantitative estimate of drug-likeness (QED) is 0.826. The van der Waals surface area contributed by atoms with Gasteiger partial charge in [-0.15, -0.1) is 11.8 Å². The molecule has 90 valence electrons. The van der Waals surface area contributed by atoms with E-state index in [1.165, 1.54) is 0 Å². The second-order valence-corrected chi connectivity index (χ2v) is 4.69. The van der Waals surface area contributed by atoms with Crippen molar-refractivity contribution in [1.29, 1.82) is 0 Å². The van der Waals surface area contributed by atoms with Gasteiger partial charge in [0.05, 0.1) is 5.75 Å². The molecule has 0 fully saturated rings. The number of aromatic nitrogens is 2. The van der Waals surface area contributed by atoms with Gasteiger partial charge < -0.3 is 9.63 Å². The number of hydrogen-bond acceptors (Lipinski definition) is 5. The van der Waals surface area contributed by atoms with Crippen LogP contribution in [0.25, 0.3) is 0 Å². The summed E-state index contributed by atoms with van der Waals surface area (Å²) in [5.74, 6) is 2.35. The molecule has 1 aromatic heterocycles. The predicted molar refractivity (Wildman–Crippen MR) is 66.0 cm³/mol. The second kappa shape index (κ2) is 5.72. The molecule has 2 aromatic rings. The summed E-state index contributed by atoms with van der Waals surface area (Å²) < 4.78 is 5.13. The van der Waals surface area contributed by atoms with Crippen LogP contribution in [-0.4, -0.2) is 15.2 Å². The van der Waals surface area contributed by atoms with E-state index in [0.717, 1.165) is 23.6 Å². The number of aromatic hydroxyl groups is 1. The number of benzene rings is 1. The van der Waals surface area contributed by atoms with Crippen LogP contribution < -0.4 is 0 Å². The second-order valence-electron chi connectivity index (χ2n) is 3.64. The third-order valence-corrected chi connectivity index (χ3v) is 3.18. The van der Waals surface area contributed by atoms with Gasteiger partial charge in [0.15, 0.2) is 5.82 Å². The zero-order valence-electron chi connectivity index (χ0n) is 9.59. The van der Waals surface area contributed by atoms with Crippen molar-refractivity contribution >= 4 is 11.8 Å². The molecule has 1 aromatic carbocycles. The van der Waals surface area contributed by atoms with Gasteiger partial charge in [0.2, 0.25) is 5.89 Å². The molecular formula is C12H14N2O2S. The average molecular weight is 250 g/mol. The Balaban J connectivity index is 1.90. The molecule has 0 saturated heterocycles. The third kappa shape index (κ3) is 3.49. The normalized spacial score (nSPS) is 10.6. The average Bonchev–Trinajstić information content (AvgIpc) is 2.77. The highest BCUT2D eigenvalue weighted by Gasteiger charge is 2.05. The van der Waals surface area contributed by atoms with Gasteiger partial charge in [0, 0.05) is 11.3 Å². The Kier molecular flexibility index (Phi) is 4.03. The van der Waals surface area contributed by atoms with Crippen LogP contribution in [0.5, 0.6) is 5.75 Å². The van der Waals surface area contributed by atoms with Crippen LogP contribution in [0, 0.1) is 0 Å². The fraction of sp³-hybridized carbons (Fsp3) is 0.333. The first kappa shape index (κ1) is 12.0. The summed E-state index contributed by atoms with van der Waals surface area (Å²) in [6.45, 7) is 2.08. The monoisotopic (exact) mass is 250 g/mol. The van der Waals surface area contributed by atoms with E-state index in [4.69, 9.17) is 9.63 Å². The molecule has 0 bridgehead atoms. The van der Waals surface area contributed by atoms with Gasteiger partial charge in [-0.05, 0) is 30.7 Å². The largest absolute Gasteiger partial charge is 0.508 e. The molecule has 0 aliphatic carbocycles. The van der Waals surface area contributed by atoms with Crippen LogP contribution in [0.15, 0.2) is 33.7 Å². The summed E-state index contributed by atoms with van der Waals surface area (Å²) in [6, 6.07) is 7.06. The summed E-state index contributed by atoms with van der Waals surface area (Å²) in [4.78, 5) is 5.35. The number of nitrogens with zero attached hydrogens (tertiary/aromatic N) is 2. The number of phenolic OH excluding ortho intramolecular Hbond substituents is 1. The van der Waals surface area contributed by atoms with E-state index in [1.54, 1.807) is 23.9 Å². The van der Waals surface area contributed by atoms with Gasteiger partial charge in [0.1, 0.15) is 5.75 Å². The van der Waals surface area contributed by atoms with Crippen LogP contribution in [0.3, 0.4) is 0 Å². The molecule has 0 aliphatic rings. The van der Waals surface area contributed by atoms with Crippen LogP contribution in [0.1, 0.15) is 25.1 Å². The minimum atomic E-state index is 0.275. The fourth-order valence-electron chi connectivity index (χ4n) is 1.36. The van der Waals surface area contributed by atoms with E-state index in [2.05, 4.69) is 17.1 Å². The Bertz CT molecular complexity index is 468. The van der Waals surface area contributed by atoms with Crippen molar-refractivity contribution in [3.63, 3.8) is 0 Å². The maximum Gasteiger partial charge on any atom is 0.237 e. The van der Waals surface area contributed by atoms with Gasteiger partial charge in [-0.1, -0.05) is 12.1 Å². The van der Waals surface area contributed by atoms with E-state index in [1.807, 2.05) is 12.1 Å². The zero-order valence-corrected chi connectivity index (χ0v) is 10.4. The molecule has 0 saturated carbocycles. The van der Waals surface area contributed by atoms with Crippen molar-refractivity contribution in [3.8, 4) is 5.75 Å². The van der Waals surface area contributed by atoms with E-state index in [0.29, 0.717) is 11.6 Å². The fourth-order valence-corrected chi connectivity index (χ4v) is 2.10. The number of phenols is 1. The van der Waals surface area contributed by atoms with Gasteiger partial charge >= 0.3 is 0 Å². The lowest BCUT2D eigenvalue weighted by molar-refractivity contribution is 0.384. The SMILES string of the molecule is CCCc1noc(CSc2ccc(O)cc2)n1. The first-order chi connectivity index (χ1) is 8.28. The molecular weight excluding hydrogens is 236 g/mol. The lowest BCUT2D eigenvalue weighted by atomic mass is 10.3. The molecule has 0 atom stereocenters. The standard InChI is InChI=1S/C12H14N2O2S/c1-2-3-11-13-12(16-14-11)8-17-10-6-4-9(15)5-7-10/h4-7,15H,2-3,8H2,1H3. The summed E-state index contributed by atoms with van der Waals surface area (Å²) in [5, 5.41) is 13.0. The molecule has 1 N–H and O–H groups in total. The number of rotatable bonds is 5. The van der Waals surface area contributed by atoms with E-state index < -0.39 is 0 Å². The van der Waals surface area contributed by atoms with Gasteiger partial charge in [0.25, 0.3) is 0 Å². The maximum atomic E-state index is 9.15. The molecule has 17 heavy (non-hydrogen) atoms. The van der Waals surface area contributed by atoms with E-state index >= 15 is 0 Å². The maximum absolute atomic E-state index is 9.15. The summed E-state index contributed by atoms with van der Waals surface area (Å²) in [6.07, 6.45) is 1.87. The summed E-state index contributed by atoms with van der Waals surface area (Å²) >= 11 is 1.61. The van der Waals surface area contributed by atoms with Crippen molar-refractivity contribution in [3.05, 3.63) is 36.0 Å². The molecule has 0 amide bonds. The Morgan fingerprint density at radius 2 is 2.06 bits per heavy atom. The Morgan fingerprint density at radius 3 is 2.76 bits per heavy atom. The molecule has 0 unspecified atom stereocenters. The Morgan fingerprint density at radius 1 is 1.29 bits per heavy atom. The van der Waals surface area contributed by atoms with Gasteiger partial charge in [-0.2, -0.15) is 4.98 Å². The Hall–Kier alpha value is -1.49. The first-order valence-electron chi connectivity index (χ1n) is 5.51. The van der Waals surface area contributed by atoms with Crippen molar-refractivity contribution in [1.82, 2.24) is 10.1 Å². The molecule has 5 heteroatoms. The molecule has 0 aliphatic heterocycles. The van der Waals surface area contributed by atoms with Crippen LogP contribution in [0.2, 0.25) is 0 Å². The van der Waals surface area contributed by atoms with Crippen LogP contribution in [0.4, 0.5) is 0 Å². The van der Waals surface area contributed by atoms with E-state index in [-0.39, 0.29) is 5.75 Å². The topological polar surface area (TPSA) is 59.2 Å². The number of aryl methyl sites for hydroxylation is 1. The minimum absolute atomic E-state index is 0.275. The highest BCUT2D eigenvalue weighted by molar-refractivity contribution is 7.98.